The standard InChI is InChI=1S/C17H12BrF3N4OS/c1-8(16(26)22-12-7-6-11(19)13(20)14(12)21)27-17-23-15(24-25-17)9-4-2-3-5-10(9)18/h2-8H,1H3,(H,22,26)(H,23,24,25)/t8-/m1/s1. The SMILES string of the molecule is C[C@@H](Sc1n[nH]c(-c2ccccc2Br)n1)C(=O)Nc1ccc(F)c(F)c1F. The van der Waals surface area contributed by atoms with E-state index in [9.17, 15) is 18.0 Å². The van der Waals surface area contributed by atoms with Crippen LogP contribution in [-0.4, -0.2) is 26.3 Å². The molecule has 0 bridgehead atoms. The van der Waals surface area contributed by atoms with Crippen LogP contribution in [0.1, 0.15) is 6.92 Å². The number of H-pyrrole nitrogens is 1. The molecule has 0 saturated heterocycles. The summed E-state index contributed by atoms with van der Waals surface area (Å²) in [5.74, 6) is -4.50. The van der Waals surface area contributed by atoms with Gasteiger partial charge in [0, 0.05) is 10.0 Å². The molecule has 1 amide bonds. The summed E-state index contributed by atoms with van der Waals surface area (Å²) in [6.07, 6.45) is 0. The Morgan fingerprint density at radius 1 is 1.19 bits per heavy atom. The number of carbonyl (C=O) groups is 1. The number of anilines is 1. The number of amides is 1. The molecule has 0 spiro atoms. The lowest BCUT2D eigenvalue weighted by Crippen LogP contribution is -2.23. The molecular weight excluding hydrogens is 445 g/mol. The molecule has 27 heavy (non-hydrogen) atoms. The molecule has 2 N–H and O–H groups in total. The normalized spacial score (nSPS) is 12.0. The molecule has 3 aromatic rings. The van der Waals surface area contributed by atoms with Crippen LogP contribution in [0, 0.1) is 17.5 Å². The molecule has 3 rings (SSSR count). The van der Waals surface area contributed by atoms with Gasteiger partial charge in [-0.3, -0.25) is 9.89 Å². The second kappa shape index (κ2) is 8.13. The highest BCUT2D eigenvalue weighted by atomic mass is 79.9. The van der Waals surface area contributed by atoms with Gasteiger partial charge in [0.25, 0.3) is 0 Å². The van der Waals surface area contributed by atoms with E-state index in [1.807, 2.05) is 24.3 Å². The van der Waals surface area contributed by atoms with Gasteiger partial charge in [-0.25, -0.2) is 18.2 Å². The van der Waals surface area contributed by atoms with Crippen LogP contribution in [0.2, 0.25) is 0 Å². The molecule has 5 nitrogen and oxygen atoms in total. The van der Waals surface area contributed by atoms with Gasteiger partial charge in [-0.05, 0) is 25.1 Å². The van der Waals surface area contributed by atoms with Crippen molar-refractivity contribution in [2.45, 2.75) is 17.3 Å². The van der Waals surface area contributed by atoms with Crippen molar-refractivity contribution in [2.75, 3.05) is 5.32 Å². The number of carbonyl (C=O) groups excluding carboxylic acids is 1. The van der Waals surface area contributed by atoms with E-state index >= 15 is 0 Å². The minimum Gasteiger partial charge on any atom is -0.323 e. The number of thioether (sulfide) groups is 1. The maximum atomic E-state index is 13.7. The topological polar surface area (TPSA) is 70.7 Å². The third-order valence-corrected chi connectivity index (χ3v) is 5.19. The smallest absolute Gasteiger partial charge is 0.237 e. The first-order chi connectivity index (χ1) is 12.9. The predicted octanol–water partition coefficient (Wildman–Crippen LogP) is 4.77. The highest BCUT2D eigenvalue weighted by Crippen LogP contribution is 2.28. The monoisotopic (exact) mass is 456 g/mol. The van der Waals surface area contributed by atoms with E-state index in [1.165, 1.54) is 0 Å². The van der Waals surface area contributed by atoms with Gasteiger partial charge in [0.05, 0.1) is 10.9 Å². The number of hydrogen-bond acceptors (Lipinski definition) is 4. The lowest BCUT2D eigenvalue weighted by atomic mass is 10.2. The first kappa shape index (κ1) is 19.4. The zero-order chi connectivity index (χ0) is 19.6. The van der Waals surface area contributed by atoms with Crippen LogP contribution < -0.4 is 5.32 Å². The predicted molar refractivity (Wildman–Crippen MR) is 99.8 cm³/mol. The van der Waals surface area contributed by atoms with E-state index in [1.54, 1.807) is 6.92 Å². The fraction of sp³-hybridized carbons (Fsp3) is 0.118. The number of nitrogens with zero attached hydrogens (tertiary/aromatic N) is 2. The third kappa shape index (κ3) is 4.33. The highest BCUT2D eigenvalue weighted by molar-refractivity contribution is 9.10. The van der Waals surface area contributed by atoms with Crippen LogP contribution in [0.4, 0.5) is 18.9 Å². The Labute approximate surface area is 164 Å². The minimum atomic E-state index is -1.64. The molecule has 1 atom stereocenters. The van der Waals surface area contributed by atoms with Gasteiger partial charge in [-0.15, -0.1) is 5.10 Å². The fourth-order valence-electron chi connectivity index (χ4n) is 2.14. The number of nitrogens with one attached hydrogen (secondary N) is 2. The van der Waals surface area contributed by atoms with Crippen LogP contribution in [-0.2, 0) is 4.79 Å². The first-order valence-electron chi connectivity index (χ1n) is 7.65. The van der Waals surface area contributed by atoms with Gasteiger partial charge >= 0.3 is 0 Å². The second-order valence-corrected chi connectivity index (χ2v) is 7.58. The van der Waals surface area contributed by atoms with Gasteiger partial charge in [0.15, 0.2) is 23.3 Å². The van der Waals surface area contributed by atoms with Crippen LogP contribution in [0.25, 0.3) is 11.4 Å². The third-order valence-electron chi connectivity index (χ3n) is 3.54. The number of aromatic amines is 1. The Morgan fingerprint density at radius 2 is 1.93 bits per heavy atom. The number of benzene rings is 2. The molecule has 1 aromatic heterocycles. The molecule has 140 valence electrons. The van der Waals surface area contributed by atoms with Gasteiger partial charge in [-0.2, -0.15) is 0 Å². The summed E-state index contributed by atoms with van der Waals surface area (Å²) in [6, 6.07) is 9.12. The van der Waals surface area contributed by atoms with Crippen molar-refractivity contribution in [3.63, 3.8) is 0 Å². The largest absolute Gasteiger partial charge is 0.323 e. The van der Waals surface area contributed by atoms with Crippen molar-refractivity contribution in [3.8, 4) is 11.4 Å². The molecule has 2 aromatic carbocycles. The summed E-state index contributed by atoms with van der Waals surface area (Å²) >= 11 is 4.45. The average molecular weight is 457 g/mol. The van der Waals surface area contributed by atoms with Crippen LogP contribution in [0.3, 0.4) is 0 Å². The van der Waals surface area contributed by atoms with E-state index in [2.05, 4.69) is 36.4 Å². The molecule has 10 heteroatoms. The quantitative estimate of drug-likeness (QED) is 0.428. The van der Waals surface area contributed by atoms with E-state index < -0.39 is 34.3 Å². The maximum absolute atomic E-state index is 13.7. The Balaban J connectivity index is 1.69. The van der Waals surface area contributed by atoms with Gasteiger partial charge < -0.3 is 5.32 Å². The van der Waals surface area contributed by atoms with E-state index in [0.717, 1.165) is 33.9 Å². The summed E-state index contributed by atoms with van der Waals surface area (Å²) in [6.45, 7) is 1.56. The first-order valence-corrected chi connectivity index (χ1v) is 9.32. The second-order valence-electron chi connectivity index (χ2n) is 5.42. The summed E-state index contributed by atoms with van der Waals surface area (Å²) in [5, 5.41) is 8.67. The molecule has 0 aliphatic heterocycles. The van der Waals surface area contributed by atoms with Gasteiger partial charge in [0.1, 0.15) is 0 Å². The van der Waals surface area contributed by atoms with Gasteiger partial charge in [0.2, 0.25) is 11.1 Å². The van der Waals surface area contributed by atoms with Crippen molar-refractivity contribution in [3.05, 3.63) is 58.3 Å². The van der Waals surface area contributed by atoms with Crippen molar-refractivity contribution in [2.24, 2.45) is 0 Å². The number of halogens is 4. The average Bonchev–Trinajstić information content (AvgIpc) is 3.10. The lowest BCUT2D eigenvalue weighted by Gasteiger charge is -2.11. The van der Waals surface area contributed by atoms with Crippen LogP contribution in [0.5, 0.6) is 0 Å². The lowest BCUT2D eigenvalue weighted by molar-refractivity contribution is -0.115. The molecule has 0 fully saturated rings. The van der Waals surface area contributed by atoms with Crippen LogP contribution in [0.15, 0.2) is 46.0 Å². The van der Waals surface area contributed by atoms with Crippen molar-refractivity contribution >= 4 is 39.3 Å². The van der Waals surface area contributed by atoms with E-state index in [4.69, 9.17) is 0 Å². The van der Waals surface area contributed by atoms with E-state index in [0.29, 0.717) is 11.0 Å². The van der Waals surface area contributed by atoms with Gasteiger partial charge in [-0.1, -0.05) is 45.9 Å². The van der Waals surface area contributed by atoms with Crippen molar-refractivity contribution < 1.29 is 18.0 Å². The molecular formula is C17H12BrF3N4OS. The molecule has 0 radical (unpaired) electrons. The number of hydrogen-bond donors (Lipinski definition) is 2. The highest BCUT2D eigenvalue weighted by Gasteiger charge is 2.21. The summed E-state index contributed by atoms with van der Waals surface area (Å²) in [4.78, 5) is 16.5. The summed E-state index contributed by atoms with van der Waals surface area (Å²) in [5.41, 5.74) is 0.369. The zero-order valence-corrected chi connectivity index (χ0v) is 16.2. The molecule has 0 unspecified atom stereocenters. The summed E-state index contributed by atoms with van der Waals surface area (Å²) in [7, 11) is 0. The Hall–Kier alpha value is -2.33. The summed E-state index contributed by atoms with van der Waals surface area (Å²) < 4.78 is 40.7. The number of rotatable bonds is 5. The number of aromatic nitrogens is 3. The zero-order valence-electron chi connectivity index (χ0n) is 13.8. The molecule has 0 aliphatic carbocycles. The van der Waals surface area contributed by atoms with E-state index in [-0.39, 0.29) is 0 Å². The Kier molecular flexibility index (Phi) is 5.85. The van der Waals surface area contributed by atoms with Crippen LogP contribution >= 0.6 is 27.7 Å². The molecule has 0 aliphatic rings. The molecule has 1 heterocycles. The maximum Gasteiger partial charge on any atom is 0.237 e. The van der Waals surface area contributed by atoms with Crippen molar-refractivity contribution in [1.82, 2.24) is 15.2 Å². The molecule has 0 saturated carbocycles. The van der Waals surface area contributed by atoms with Crippen molar-refractivity contribution in [1.29, 1.82) is 0 Å². The Bertz CT molecular complexity index is 998. The minimum absolute atomic E-state index is 0.314. The Morgan fingerprint density at radius 3 is 2.67 bits per heavy atom. The fourth-order valence-corrected chi connectivity index (χ4v) is 3.34.